The Labute approximate surface area is 149 Å². The van der Waals surface area contributed by atoms with Crippen molar-refractivity contribution in [2.75, 3.05) is 19.7 Å². The van der Waals surface area contributed by atoms with E-state index in [9.17, 15) is 4.79 Å². The van der Waals surface area contributed by atoms with Gasteiger partial charge in [-0.25, -0.2) is 4.79 Å². The van der Waals surface area contributed by atoms with Crippen molar-refractivity contribution in [1.29, 1.82) is 10.5 Å². The van der Waals surface area contributed by atoms with Crippen molar-refractivity contribution in [2.24, 2.45) is 0 Å². The molecule has 0 spiro atoms. The largest absolute Gasteiger partial charge is 0.460 e. The van der Waals surface area contributed by atoms with Crippen LogP contribution in [0.4, 0.5) is 0 Å². The molecule has 0 unspecified atom stereocenters. The minimum absolute atomic E-state index is 0.0454. The van der Waals surface area contributed by atoms with Gasteiger partial charge in [0.05, 0.1) is 12.1 Å². The first-order chi connectivity index (χ1) is 11.9. The van der Waals surface area contributed by atoms with E-state index in [0.717, 1.165) is 23.2 Å². The predicted octanol–water partition coefficient (Wildman–Crippen LogP) is 3.58. The summed E-state index contributed by atoms with van der Waals surface area (Å²) in [6, 6.07) is 7.53. The van der Waals surface area contributed by atoms with E-state index >= 15 is 0 Å². The topological polar surface area (TPSA) is 77.1 Å². The van der Waals surface area contributed by atoms with Crippen LogP contribution < -0.4 is 0 Å². The summed E-state index contributed by atoms with van der Waals surface area (Å²) in [7, 11) is 0. The number of esters is 1. The van der Waals surface area contributed by atoms with E-state index in [1.54, 1.807) is 24.4 Å². The third-order valence-electron chi connectivity index (χ3n) is 3.70. The highest BCUT2D eigenvalue weighted by molar-refractivity contribution is 5.92. The Morgan fingerprint density at radius 3 is 2.32 bits per heavy atom. The Morgan fingerprint density at radius 1 is 1.20 bits per heavy atom. The molecular formula is C20H23N3O2. The van der Waals surface area contributed by atoms with Crippen LogP contribution in [0.1, 0.15) is 34.0 Å². The van der Waals surface area contributed by atoms with Crippen molar-refractivity contribution in [3.05, 3.63) is 58.3 Å². The molecule has 0 N–H and O–H groups in total. The molecule has 130 valence electrons. The Balaban J connectivity index is 2.62. The second kappa shape index (κ2) is 9.95. The summed E-state index contributed by atoms with van der Waals surface area (Å²) in [5.74, 6) is -0.314. The SMILES string of the molecule is CCN(/C=C/C=C(C#N)C#N)CCOC(=O)c1c(C)cc(C)cc1C. The zero-order chi connectivity index (χ0) is 18.8. The summed E-state index contributed by atoms with van der Waals surface area (Å²) in [4.78, 5) is 14.2. The maximum atomic E-state index is 12.3. The molecule has 0 saturated carbocycles. The van der Waals surface area contributed by atoms with Crippen molar-refractivity contribution in [3.63, 3.8) is 0 Å². The van der Waals surface area contributed by atoms with Gasteiger partial charge >= 0.3 is 5.97 Å². The van der Waals surface area contributed by atoms with Crippen LogP contribution in [0.2, 0.25) is 0 Å². The number of nitrogens with zero attached hydrogens (tertiary/aromatic N) is 3. The van der Waals surface area contributed by atoms with Gasteiger partial charge in [0.1, 0.15) is 24.3 Å². The fourth-order valence-corrected chi connectivity index (χ4v) is 2.53. The fourth-order valence-electron chi connectivity index (χ4n) is 2.53. The van der Waals surface area contributed by atoms with Crippen LogP contribution in [0.25, 0.3) is 0 Å². The molecule has 5 heteroatoms. The van der Waals surface area contributed by atoms with Gasteiger partial charge in [0.2, 0.25) is 0 Å². The number of carbonyl (C=O) groups excluding carboxylic acids is 1. The molecule has 0 aliphatic heterocycles. The molecule has 1 aromatic rings. The lowest BCUT2D eigenvalue weighted by Gasteiger charge is -2.18. The first-order valence-electron chi connectivity index (χ1n) is 8.10. The molecule has 0 aliphatic rings. The molecule has 1 aromatic carbocycles. The molecule has 0 radical (unpaired) electrons. The minimum Gasteiger partial charge on any atom is -0.460 e. The van der Waals surface area contributed by atoms with Crippen LogP contribution >= 0.6 is 0 Å². The van der Waals surface area contributed by atoms with Crippen molar-refractivity contribution < 1.29 is 9.53 Å². The molecule has 0 aromatic heterocycles. The molecule has 25 heavy (non-hydrogen) atoms. The van der Waals surface area contributed by atoms with Crippen LogP contribution in [0.5, 0.6) is 0 Å². The maximum Gasteiger partial charge on any atom is 0.338 e. The summed E-state index contributed by atoms with van der Waals surface area (Å²) >= 11 is 0. The Hall–Kier alpha value is -3.05. The van der Waals surface area contributed by atoms with Crippen LogP contribution in [-0.4, -0.2) is 30.6 Å². The van der Waals surface area contributed by atoms with Crippen LogP contribution in [0, 0.1) is 43.4 Å². The minimum atomic E-state index is -0.314. The Kier molecular flexibility index (Phi) is 7.96. The molecule has 0 heterocycles. The molecule has 0 aliphatic carbocycles. The van der Waals surface area contributed by atoms with Crippen molar-refractivity contribution in [1.82, 2.24) is 4.90 Å². The summed E-state index contributed by atoms with van der Waals surface area (Å²) in [6.07, 6.45) is 4.86. The molecule has 0 amide bonds. The van der Waals surface area contributed by atoms with Gasteiger partial charge in [0.25, 0.3) is 0 Å². The van der Waals surface area contributed by atoms with Gasteiger partial charge in [-0.3, -0.25) is 0 Å². The number of hydrogen-bond acceptors (Lipinski definition) is 5. The number of benzene rings is 1. The van der Waals surface area contributed by atoms with E-state index in [4.69, 9.17) is 15.3 Å². The quantitative estimate of drug-likeness (QED) is 0.432. The number of ether oxygens (including phenoxy) is 1. The zero-order valence-corrected chi connectivity index (χ0v) is 15.2. The molecule has 5 nitrogen and oxygen atoms in total. The summed E-state index contributed by atoms with van der Waals surface area (Å²) < 4.78 is 5.40. The van der Waals surface area contributed by atoms with E-state index in [1.807, 2.05) is 44.7 Å². The number of nitriles is 2. The van der Waals surface area contributed by atoms with Gasteiger partial charge in [-0.2, -0.15) is 10.5 Å². The smallest absolute Gasteiger partial charge is 0.338 e. The number of aryl methyl sites for hydroxylation is 3. The normalized spacial score (nSPS) is 10.0. The van der Waals surface area contributed by atoms with Gasteiger partial charge in [-0.15, -0.1) is 0 Å². The summed E-state index contributed by atoms with van der Waals surface area (Å²) in [5, 5.41) is 17.4. The molecule has 1 rings (SSSR count). The first-order valence-corrected chi connectivity index (χ1v) is 8.10. The summed E-state index contributed by atoms with van der Waals surface area (Å²) in [6.45, 7) is 9.30. The predicted molar refractivity (Wildman–Crippen MR) is 96.6 cm³/mol. The molecular weight excluding hydrogens is 314 g/mol. The number of rotatable bonds is 7. The van der Waals surface area contributed by atoms with Gasteiger partial charge in [-0.1, -0.05) is 17.7 Å². The molecule has 0 fully saturated rings. The second-order valence-corrected chi connectivity index (χ2v) is 5.68. The van der Waals surface area contributed by atoms with Gasteiger partial charge in [-0.05, 0) is 57.2 Å². The molecule has 0 bridgehead atoms. The third kappa shape index (κ3) is 6.16. The number of hydrogen-bond donors (Lipinski definition) is 0. The van der Waals surface area contributed by atoms with E-state index < -0.39 is 0 Å². The fraction of sp³-hybridized carbons (Fsp3) is 0.350. The highest BCUT2D eigenvalue weighted by Crippen LogP contribution is 2.17. The standard InChI is InChI=1S/C20H23N3O2/c1-5-23(8-6-7-18(13-21)14-22)9-10-25-20(24)19-16(3)11-15(2)12-17(19)4/h6-8,11-12H,5,9-10H2,1-4H3/b8-6+. The van der Waals surface area contributed by atoms with Crippen LogP contribution in [0.15, 0.2) is 36.1 Å². The van der Waals surface area contributed by atoms with Crippen molar-refractivity contribution in [3.8, 4) is 12.1 Å². The number of carbonyl (C=O) groups is 1. The average molecular weight is 337 g/mol. The highest BCUT2D eigenvalue weighted by Gasteiger charge is 2.14. The molecule has 0 atom stereocenters. The average Bonchev–Trinajstić information content (AvgIpc) is 2.56. The lowest BCUT2D eigenvalue weighted by molar-refractivity contribution is 0.0480. The van der Waals surface area contributed by atoms with E-state index in [1.165, 1.54) is 6.08 Å². The number of allylic oxidation sites excluding steroid dienone is 3. The zero-order valence-electron chi connectivity index (χ0n) is 15.2. The van der Waals surface area contributed by atoms with E-state index in [0.29, 0.717) is 12.1 Å². The van der Waals surface area contributed by atoms with Crippen LogP contribution in [0.3, 0.4) is 0 Å². The van der Waals surface area contributed by atoms with Crippen LogP contribution in [-0.2, 0) is 4.74 Å². The van der Waals surface area contributed by atoms with Gasteiger partial charge < -0.3 is 9.64 Å². The number of likely N-dealkylation sites (N-methyl/N-ethyl adjacent to an activating group) is 1. The molecule has 0 saturated heterocycles. The summed E-state index contributed by atoms with van der Waals surface area (Å²) in [5.41, 5.74) is 3.63. The third-order valence-corrected chi connectivity index (χ3v) is 3.70. The van der Waals surface area contributed by atoms with Crippen molar-refractivity contribution >= 4 is 5.97 Å². The van der Waals surface area contributed by atoms with Gasteiger partial charge in [0, 0.05) is 6.54 Å². The van der Waals surface area contributed by atoms with E-state index in [-0.39, 0.29) is 18.1 Å². The lowest BCUT2D eigenvalue weighted by Crippen LogP contribution is -2.23. The second-order valence-electron chi connectivity index (χ2n) is 5.68. The highest BCUT2D eigenvalue weighted by atomic mass is 16.5. The Morgan fingerprint density at radius 2 is 1.80 bits per heavy atom. The first kappa shape index (κ1) is 20.0. The van der Waals surface area contributed by atoms with Crippen molar-refractivity contribution in [2.45, 2.75) is 27.7 Å². The lowest BCUT2D eigenvalue weighted by atomic mass is 10.00. The Bertz CT molecular complexity index is 725. The maximum absolute atomic E-state index is 12.3. The van der Waals surface area contributed by atoms with Gasteiger partial charge in [0.15, 0.2) is 0 Å². The monoisotopic (exact) mass is 337 g/mol. The van der Waals surface area contributed by atoms with E-state index in [2.05, 4.69) is 0 Å².